The van der Waals surface area contributed by atoms with E-state index < -0.39 is 8.07 Å². The molecule has 0 amide bonds. The van der Waals surface area contributed by atoms with Gasteiger partial charge in [-0.1, -0.05) is 110 Å². The van der Waals surface area contributed by atoms with Crippen molar-refractivity contribution in [3.63, 3.8) is 0 Å². The molecule has 0 saturated carbocycles. The summed E-state index contributed by atoms with van der Waals surface area (Å²) in [6.07, 6.45) is 4.61. The molecule has 6 aromatic rings. The molecule has 0 aromatic heterocycles. The van der Waals surface area contributed by atoms with Crippen LogP contribution in [0.15, 0.2) is 158 Å². The van der Waals surface area contributed by atoms with Crippen LogP contribution >= 0.6 is 0 Å². The molecule has 1 aliphatic rings. The number of anilines is 6. The summed E-state index contributed by atoms with van der Waals surface area (Å²) in [7, 11) is -2.16. The van der Waals surface area contributed by atoms with Crippen molar-refractivity contribution in [2.24, 2.45) is 0 Å². The third kappa shape index (κ3) is 5.09. The van der Waals surface area contributed by atoms with Gasteiger partial charge in [-0.2, -0.15) is 0 Å². The van der Waals surface area contributed by atoms with Crippen molar-refractivity contribution in [3.05, 3.63) is 169 Å². The second-order valence-electron chi connectivity index (χ2n) is 11.5. The summed E-state index contributed by atoms with van der Waals surface area (Å²) < 4.78 is 0. The van der Waals surface area contributed by atoms with Crippen molar-refractivity contribution in [1.29, 1.82) is 0 Å². The Hall–Kier alpha value is -5.12. The molecule has 0 unspecified atom stereocenters. The second kappa shape index (κ2) is 11.3. The number of benzene rings is 6. The highest BCUT2D eigenvalue weighted by Crippen LogP contribution is 2.37. The molecule has 0 bridgehead atoms. The first-order valence-corrected chi connectivity index (χ1v) is 17.9. The number of nitrogens with zero attached hydrogens (tertiary/aromatic N) is 2. The molecule has 0 N–H and O–H groups in total. The molecule has 43 heavy (non-hydrogen) atoms. The van der Waals surface area contributed by atoms with Crippen molar-refractivity contribution in [2.45, 2.75) is 13.1 Å². The lowest BCUT2D eigenvalue weighted by molar-refractivity contribution is 1.28. The maximum atomic E-state index is 2.50. The van der Waals surface area contributed by atoms with Crippen LogP contribution < -0.4 is 20.2 Å². The lowest BCUT2D eigenvalue weighted by Crippen LogP contribution is -2.54. The van der Waals surface area contributed by atoms with Gasteiger partial charge in [-0.15, -0.1) is 0 Å². The Labute approximate surface area is 255 Å². The highest BCUT2D eigenvalue weighted by Gasteiger charge is 2.33. The fraction of sp³-hybridized carbons (Fsp3) is 0.0500. The van der Waals surface area contributed by atoms with Crippen LogP contribution in [0.1, 0.15) is 11.1 Å². The van der Waals surface area contributed by atoms with Crippen molar-refractivity contribution in [3.8, 4) is 0 Å². The molecule has 7 rings (SSSR count). The SMILES string of the molecule is C[Si]1(C)c2cc(N(c3ccccc3)c3ccccc3)ccc2C=Cc2ccc(N(c3ccccc3)c3ccccc3)cc21. The van der Waals surface area contributed by atoms with E-state index >= 15 is 0 Å². The summed E-state index contributed by atoms with van der Waals surface area (Å²) in [5, 5.41) is 2.89. The molecule has 6 aromatic carbocycles. The van der Waals surface area contributed by atoms with Gasteiger partial charge in [-0.3, -0.25) is 0 Å². The summed E-state index contributed by atoms with van der Waals surface area (Å²) in [5.74, 6) is 0. The maximum Gasteiger partial charge on any atom is 0.113 e. The number of para-hydroxylation sites is 4. The summed E-state index contributed by atoms with van der Waals surface area (Å²) >= 11 is 0. The molecule has 3 heteroatoms. The Morgan fingerprint density at radius 1 is 0.349 bits per heavy atom. The fourth-order valence-corrected chi connectivity index (χ4v) is 9.35. The highest BCUT2D eigenvalue weighted by molar-refractivity contribution is 7.01. The zero-order valence-electron chi connectivity index (χ0n) is 24.6. The molecule has 1 heterocycles. The zero-order chi connectivity index (χ0) is 29.2. The van der Waals surface area contributed by atoms with Crippen molar-refractivity contribution in [1.82, 2.24) is 0 Å². The average Bonchev–Trinajstić information content (AvgIpc) is 3.17. The van der Waals surface area contributed by atoms with E-state index in [1.54, 1.807) is 0 Å². The van der Waals surface area contributed by atoms with E-state index in [1.807, 2.05) is 0 Å². The summed E-state index contributed by atoms with van der Waals surface area (Å²) in [6.45, 7) is 4.99. The normalized spacial score (nSPS) is 13.0. The van der Waals surface area contributed by atoms with Crippen LogP contribution in [0.3, 0.4) is 0 Å². The van der Waals surface area contributed by atoms with E-state index in [1.165, 1.54) is 32.9 Å². The minimum Gasteiger partial charge on any atom is -0.311 e. The van der Waals surface area contributed by atoms with Gasteiger partial charge < -0.3 is 9.80 Å². The topological polar surface area (TPSA) is 6.48 Å². The Morgan fingerprint density at radius 2 is 0.651 bits per heavy atom. The lowest BCUT2D eigenvalue weighted by Gasteiger charge is -2.31. The van der Waals surface area contributed by atoms with E-state index in [4.69, 9.17) is 0 Å². The van der Waals surface area contributed by atoms with Crippen LogP contribution in [0.25, 0.3) is 12.2 Å². The summed E-state index contributed by atoms with van der Waals surface area (Å²) in [4.78, 5) is 4.73. The van der Waals surface area contributed by atoms with Gasteiger partial charge in [-0.05, 0) is 94.3 Å². The van der Waals surface area contributed by atoms with Crippen LogP contribution in [0.5, 0.6) is 0 Å². The van der Waals surface area contributed by atoms with Gasteiger partial charge in [-0.25, -0.2) is 0 Å². The molecule has 0 radical (unpaired) electrons. The van der Waals surface area contributed by atoms with Gasteiger partial charge in [0.05, 0.1) is 0 Å². The number of rotatable bonds is 6. The van der Waals surface area contributed by atoms with Crippen molar-refractivity contribution in [2.75, 3.05) is 9.80 Å². The Kier molecular flexibility index (Phi) is 7.02. The first-order chi connectivity index (χ1) is 21.1. The van der Waals surface area contributed by atoms with Crippen LogP contribution in [0.4, 0.5) is 34.1 Å². The van der Waals surface area contributed by atoms with E-state index in [2.05, 4.69) is 193 Å². The first-order valence-electron chi connectivity index (χ1n) is 14.9. The molecule has 0 aliphatic carbocycles. The molecule has 0 saturated heterocycles. The number of fused-ring (bicyclic) bond motifs is 2. The van der Waals surface area contributed by atoms with Gasteiger partial charge in [0, 0.05) is 34.1 Å². The third-order valence-electron chi connectivity index (χ3n) is 8.44. The van der Waals surface area contributed by atoms with Crippen molar-refractivity contribution < 1.29 is 0 Å². The van der Waals surface area contributed by atoms with Gasteiger partial charge in [0.25, 0.3) is 0 Å². The monoisotopic (exact) mass is 570 g/mol. The minimum atomic E-state index is -2.16. The van der Waals surface area contributed by atoms with Crippen LogP contribution in [0.2, 0.25) is 13.1 Å². The largest absolute Gasteiger partial charge is 0.311 e. The molecule has 0 fully saturated rings. The molecular weight excluding hydrogens is 537 g/mol. The van der Waals surface area contributed by atoms with E-state index in [9.17, 15) is 0 Å². The smallest absolute Gasteiger partial charge is 0.113 e. The molecule has 1 aliphatic heterocycles. The first kappa shape index (κ1) is 26.8. The zero-order valence-corrected chi connectivity index (χ0v) is 25.6. The quantitative estimate of drug-likeness (QED) is 0.184. The fourth-order valence-electron chi connectivity index (χ4n) is 6.27. The maximum absolute atomic E-state index is 2.50. The Morgan fingerprint density at radius 3 is 0.953 bits per heavy atom. The molecule has 2 nitrogen and oxygen atoms in total. The van der Waals surface area contributed by atoms with Gasteiger partial charge >= 0.3 is 0 Å². The number of hydrogen-bond donors (Lipinski definition) is 0. The van der Waals surface area contributed by atoms with Gasteiger partial charge in [0.2, 0.25) is 0 Å². The van der Waals surface area contributed by atoms with E-state index in [0.717, 1.165) is 22.7 Å². The van der Waals surface area contributed by atoms with Gasteiger partial charge in [0.15, 0.2) is 0 Å². The molecular formula is C40H34N2Si. The minimum absolute atomic E-state index is 1.15. The third-order valence-corrected chi connectivity index (χ3v) is 12.0. The molecule has 208 valence electrons. The standard InChI is InChI=1S/C40H34N2Si/c1-43(2)39-29-37(41(33-15-7-3-8-16-33)34-17-9-4-10-18-34)27-25-31(39)23-24-32-26-28-38(30-40(32)43)42(35-19-11-5-12-20-35)36-21-13-6-14-22-36/h3-30H,1-2H3. The Bertz CT molecular complexity index is 1660. The predicted molar refractivity (Wildman–Crippen MR) is 188 cm³/mol. The highest BCUT2D eigenvalue weighted by atomic mass is 28.3. The van der Waals surface area contributed by atoms with E-state index in [-0.39, 0.29) is 0 Å². The van der Waals surface area contributed by atoms with Crippen LogP contribution in [0, 0.1) is 0 Å². The molecule has 0 atom stereocenters. The van der Waals surface area contributed by atoms with Crippen LogP contribution in [-0.2, 0) is 0 Å². The van der Waals surface area contributed by atoms with Crippen LogP contribution in [-0.4, -0.2) is 8.07 Å². The second-order valence-corrected chi connectivity index (χ2v) is 15.8. The summed E-state index contributed by atoms with van der Waals surface area (Å²) in [6, 6.07) is 56.7. The van der Waals surface area contributed by atoms with Gasteiger partial charge in [0.1, 0.15) is 8.07 Å². The van der Waals surface area contributed by atoms with Crippen molar-refractivity contribution >= 4 is 64.7 Å². The van der Waals surface area contributed by atoms with E-state index in [0.29, 0.717) is 0 Å². The summed E-state index contributed by atoms with van der Waals surface area (Å²) in [5.41, 5.74) is 9.59. The lowest BCUT2D eigenvalue weighted by atomic mass is 10.1. The predicted octanol–water partition coefficient (Wildman–Crippen LogP) is 9.93. The molecule has 0 spiro atoms. The Balaban J connectivity index is 1.37. The number of hydrogen-bond acceptors (Lipinski definition) is 2. The average molecular weight is 571 g/mol.